The van der Waals surface area contributed by atoms with Crippen LogP contribution in [-0.2, 0) is 0 Å². The van der Waals surface area contributed by atoms with Gasteiger partial charge < -0.3 is 16.2 Å². The Morgan fingerprint density at radius 3 is 2.59 bits per heavy atom. The molecule has 1 amide bonds. The molecule has 5 nitrogen and oxygen atoms in total. The summed E-state index contributed by atoms with van der Waals surface area (Å²) in [6.07, 6.45) is -5.55. The molecular formula is C9H10F3N3O2. The van der Waals surface area contributed by atoms with E-state index in [0.29, 0.717) is 0 Å². The average Bonchev–Trinajstić information content (AvgIpc) is 2.19. The van der Waals surface area contributed by atoms with Crippen molar-refractivity contribution in [3.63, 3.8) is 0 Å². The Labute approximate surface area is 94.6 Å². The smallest absolute Gasteiger partial charge is 0.425 e. The topological polar surface area (TPSA) is 91.2 Å². The summed E-state index contributed by atoms with van der Waals surface area (Å²) in [7, 11) is 0. The highest BCUT2D eigenvalue weighted by molar-refractivity contribution is 5.97. The van der Waals surface area contributed by atoms with Crippen molar-refractivity contribution in [1.29, 1.82) is 0 Å². The van der Waals surface area contributed by atoms with Crippen molar-refractivity contribution < 1.29 is 22.7 Å². The number of nitrogens with zero attached hydrogens (tertiary/aromatic N) is 1. The minimum absolute atomic E-state index is 0.0236. The summed E-state index contributed by atoms with van der Waals surface area (Å²) < 4.78 is 41.1. The number of carbonyl (C=O) groups excluding carboxylic acids is 1. The molecule has 0 bridgehead atoms. The Morgan fingerprint density at radius 2 is 2.12 bits per heavy atom. The molecule has 0 saturated carbocycles. The van der Waals surface area contributed by atoms with Crippen LogP contribution < -0.4 is 16.2 Å². The van der Waals surface area contributed by atoms with Crippen molar-refractivity contribution in [3.05, 3.63) is 17.8 Å². The van der Waals surface area contributed by atoms with Gasteiger partial charge in [0.25, 0.3) is 5.91 Å². The molecular weight excluding hydrogens is 239 g/mol. The zero-order chi connectivity index (χ0) is 13.2. The number of nitrogen functional groups attached to an aromatic ring is 1. The Balaban J connectivity index is 2.94. The molecule has 8 heteroatoms. The van der Waals surface area contributed by atoms with E-state index in [1.165, 1.54) is 0 Å². The van der Waals surface area contributed by atoms with Gasteiger partial charge in [0.05, 0.1) is 17.4 Å². The zero-order valence-electron chi connectivity index (χ0n) is 8.78. The number of alkyl halides is 3. The number of primary amides is 1. The van der Waals surface area contributed by atoms with Gasteiger partial charge in [0.2, 0.25) is 5.88 Å². The summed E-state index contributed by atoms with van der Waals surface area (Å²) in [4.78, 5) is 14.4. The van der Waals surface area contributed by atoms with Crippen LogP contribution >= 0.6 is 0 Å². The molecule has 17 heavy (non-hydrogen) atoms. The van der Waals surface area contributed by atoms with E-state index in [1.54, 1.807) is 0 Å². The summed E-state index contributed by atoms with van der Waals surface area (Å²) >= 11 is 0. The molecule has 1 aromatic rings. The van der Waals surface area contributed by atoms with Crippen molar-refractivity contribution in [2.45, 2.75) is 19.2 Å². The predicted octanol–water partition coefficient (Wildman–Crippen LogP) is 1.09. The van der Waals surface area contributed by atoms with Crippen molar-refractivity contribution in [1.82, 2.24) is 4.98 Å². The zero-order valence-corrected chi connectivity index (χ0v) is 8.78. The van der Waals surface area contributed by atoms with Crippen LogP contribution in [-0.4, -0.2) is 23.2 Å². The molecule has 0 spiro atoms. The highest BCUT2D eigenvalue weighted by Crippen LogP contribution is 2.25. The molecule has 0 aliphatic rings. The molecule has 0 aliphatic heterocycles. The summed E-state index contributed by atoms with van der Waals surface area (Å²) in [5.74, 6) is -1.23. The number of halogens is 3. The number of pyridine rings is 1. The predicted molar refractivity (Wildman–Crippen MR) is 53.3 cm³/mol. The first-order valence-corrected chi connectivity index (χ1v) is 4.50. The third-order valence-corrected chi connectivity index (χ3v) is 1.93. The van der Waals surface area contributed by atoms with Gasteiger partial charge in [-0.1, -0.05) is 0 Å². The standard InChI is InChI=1S/C9H10F3N3O2/c1-4(9(10,11)12)17-7-2-5(8(14)16)6(13)3-15-7/h2-4H,13H2,1H3,(H2,14,16). The Kier molecular flexibility index (Phi) is 3.45. The van der Waals surface area contributed by atoms with Gasteiger partial charge >= 0.3 is 6.18 Å². The lowest BCUT2D eigenvalue weighted by Gasteiger charge is -2.17. The number of hydrogen-bond donors (Lipinski definition) is 2. The molecule has 0 aliphatic carbocycles. The van der Waals surface area contributed by atoms with Gasteiger partial charge in [-0.25, -0.2) is 4.98 Å². The second-order valence-electron chi connectivity index (χ2n) is 3.28. The van der Waals surface area contributed by atoms with Crippen molar-refractivity contribution in [2.24, 2.45) is 5.73 Å². The number of amides is 1. The van der Waals surface area contributed by atoms with E-state index in [4.69, 9.17) is 11.5 Å². The summed E-state index contributed by atoms with van der Waals surface area (Å²) in [6.45, 7) is 0.821. The van der Waals surface area contributed by atoms with E-state index in [-0.39, 0.29) is 17.1 Å². The molecule has 1 aromatic heterocycles. The number of rotatable bonds is 3. The third kappa shape index (κ3) is 3.23. The lowest BCUT2D eigenvalue weighted by atomic mass is 10.2. The van der Waals surface area contributed by atoms with Crippen molar-refractivity contribution in [2.75, 3.05) is 5.73 Å². The molecule has 1 unspecified atom stereocenters. The maximum Gasteiger partial charge on any atom is 0.425 e. The van der Waals surface area contributed by atoms with Crippen LogP contribution in [0.15, 0.2) is 12.3 Å². The first-order chi connectivity index (χ1) is 7.71. The molecule has 94 valence electrons. The number of nitrogens with two attached hydrogens (primary N) is 2. The maximum absolute atomic E-state index is 12.2. The quantitative estimate of drug-likeness (QED) is 0.838. The van der Waals surface area contributed by atoms with Gasteiger partial charge in [0.1, 0.15) is 0 Å². The second kappa shape index (κ2) is 4.48. The average molecular weight is 249 g/mol. The molecule has 0 saturated heterocycles. The Bertz CT molecular complexity index is 434. The van der Waals surface area contributed by atoms with E-state index in [2.05, 4.69) is 9.72 Å². The van der Waals surface area contributed by atoms with Crippen molar-refractivity contribution >= 4 is 11.6 Å². The minimum Gasteiger partial charge on any atom is -0.465 e. The first kappa shape index (κ1) is 13.1. The fourth-order valence-corrected chi connectivity index (χ4v) is 0.973. The fraction of sp³-hybridized carbons (Fsp3) is 0.333. The number of hydrogen-bond acceptors (Lipinski definition) is 4. The minimum atomic E-state index is -4.52. The summed E-state index contributed by atoms with van der Waals surface area (Å²) in [5, 5.41) is 0. The van der Waals surface area contributed by atoms with Gasteiger partial charge in [-0.15, -0.1) is 0 Å². The van der Waals surface area contributed by atoms with Crippen LogP contribution in [0.25, 0.3) is 0 Å². The SMILES string of the molecule is CC(Oc1cc(C(N)=O)c(N)cn1)C(F)(F)F. The highest BCUT2D eigenvalue weighted by Gasteiger charge is 2.38. The Hall–Kier alpha value is -1.99. The van der Waals surface area contributed by atoms with Crippen LogP contribution in [0.1, 0.15) is 17.3 Å². The number of ether oxygens (including phenoxy) is 1. The summed E-state index contributed by atoms with van der Waals surface area (Å²) in [5.41, 5.74) is 10.2. The fourth-order valence-electron chi connectivity index (χ4n) is 0.973. The van der Waals surface area contributed by atoms with Crippen LogP contribution in [0.4, 0.5) is 18.9 Å². The Morgan fingerprint density at radius 1 is 1.53 bits per heavy atom. The second-order valence-corrected chi connectivity index (χ2v) is 3.28. The number of carbonyl (C=O) groups is 1. The van der Waals surface area contributed by atoms with Gasteiger partial charge in [-0.3, -0.25) is 4.79 Å². The van der Waals surface area contributed by atoms with E-state index in [1.807, 2.05) is 0 Å². The van der Waals surface area contributed by atoms with Crippen LogP contribution in [0.3, 0.4) is 0 Å². The van der Waals surface area contributed by atoms with Gasteiger partial charge in [0, 0.05) is 6.07 Å². The lowest BCUT2D eigenvalue weighted by molar-refractivity contribution is -0.189. The molecule has 4 N–H and O–H groups in total. The van der Waals surface area contributed by atoms with Crippen LogP contribution in [0.5, 0.6) is 5.88 Å². The van der Waals surface area contributed by atoms with E-state index >= 15 is 0 Å². The van der Waals surface area contributed by atoms with Gasteiger partial charge in [0.15, 0.2) is 6.10 Å². The molecule has 1 heterocycles. The van der Waals surface area contributed by atoms with E-state index < -0.39 is 18.2 Å². The lowest BCUT2D eigenvalue weighted by Crippen LogP contribution is -2.31. The van der Waals surface area contributed by atoms with E-state index in [9.17, 15) is 18.0 Å². The number of aromatic nitrogens is 1. The molecule has 1 atom stereocenters. The first-order valence-electron chi connectivity index (χ1n) is 4.50. The molecule has 0 radical (unpaired) electrons. The number of anilines is 1. The molecule has 1 rings (SSSR count). The third-order valence-electron chi connectivity index (χ3n) is 1.93. The highest BCUT2D eigenvalue weighted by atomic mass is 19.4. The van der Waals surface area contributed by atoms with Crippen LogP contribution in [0, 0.1) is 0 Å². The normalized spacial score (nSPS) is 13.2. The van der Waals surface area contributed by atoms with Gasteiger partial charge in [-0.2, -0.15) is 13.2 Å². The largest absolute Gasteiger partial charge is 0.465 e. The molecule has 0 fully saturated rings. The maximum atomic E-state index is 12.2. The summed E-state index contributed by atoms with van der Waals surface area (Å²) in [6, 6.07) is 0.972. The monoisotopic (exact) mass is 249 g/mol. The van der Waals surface area contributed by atoms with E-state index in [0.717, 1.165) is 19.2 Å². The molecule has 0 aromatic carbocycles. The van der Waals surface area contributed by atoms with Gasteiger partial charge in [-0.05, 0) is 6.92 Å². The van der Waals surface area contributed by atoms with Crippen LogP contribution in [0.2, 0.25) is 0 Å². The van der Waals surface area contributed by atoms with Crippen molar-refractivity contribution in [3.8, 4) is 5.88 Å².